The van der Waals surface area contributed by atoms with Crippen LogP contribution in [-0.2, 0) is 12.0 Å². The zero-order valence-electron chi connectivity index (χ0n) is 17.1. The van der Waals surface area contributed by atoms with E-state index >= 15 is 0 Å². The third-order valence-corrected chi connectivity index (χ3v) is 5.91. The Kier molecular flexibility index (Phi) is 6.77. The molecule has 1 aliphatic heterocycles. The standard InChI is InChI=1S/C21H20F5N3O2S/c1-11-18(23)20(2,29-19(27)32-11)14-7-12(3-5-15(14)22)8-17(30)16-6-4-13(9-28-16)31-10-21(24,25)26/h3-7,9,11,18H,8,10H2,1-2H3,(H2,27,29)/t11-,18+,20-/m1/s1. The number of rotatable bonds is 6. The number of nitrogens with two attached hydrogens (primary N) is 1. The van der Waals surface area contributed by atoms with Crippen molar-refractivity contribution < 1.29 is 31.5 Å². The van der Waals surface area contributed by atoms with Crippen molar-refractivity contribution in [3.8, 4) is 5.75 Å². The van der Waals surface area contributed by atoms with Gasteiger partial charge in [-0.2, -0.15) is 13.2 Å². The Hall–Kier alpha value is -2.69. The summed E-state index contributed by atoms with van der Waals surface area (Å²) in [5.41, 5.74) is 4.62. The highest BCUT2D eigenvalue weighted by molar-refractivity contribution is 8.14. The number of nitrogens with zero attached hydrogens (tertiary/aromatic N) is 2. The summed E-state index contributed by atoms with van der Waals surface area (Å²) in [6.07, 6.45) is -5.17. The van der Waals surface area contributed by atoms with Crippen LogP contribution in [0.25, 0.3) is 0 Å². The van der Waals surface area contributed by atoms with Gasteiger partial charge in [0, 0.05) is 17.2 Å². The van der Waals surface area contributed by atoms with Crippen molar-refractivity contribution in [2.75, 3.05) is 6.61 Å². The van der Waals surface area contributed by atoms with E-state index in [1.54, 1.807) is 6.92 Å². The maximum atomic E-state index is 15.0. The van der Waals surface area contributed by atoms with Crippen molar-refractivity contribution >= 4 is 22.7 Å². The molecule has 1 aromatic heterocycles. The van der Waals surface area contributed by atoms with Gasteiger partial charge in [-0.3, -0.25) is 4.79 Å². The molecule has 3 rings (SSSR count). The van der Waals surface area contributed by atoms with Crippen LogP contribution in [0.5, 0.6) is 5.75 Å². The minimum atomic E-state index is -4.49. The molecule has 0 saturated heterocycles. The molecule has 1 aromatic carbocycles. The number of thioether (sulfide) groups is 1. The Balaban J connectivity index is 1.79. The molecular weight excluding hydrogens is 453 g/mol. The highest BCUT2D eigenvalue weighted by Crippen LogP contribution is 2.42. The number of carbonyl (C=O) groups is 1. The lowest BCUT2D eigenvalue weighted by Gasteiger charge is -2.37. The van der Waals surface area contributed by atoms with Gasteiger partial charge in [0.25, 0.3) is 0 Å². The van der Waals surface area contributed by atoms with E-state index in [0.29, 0.717) is 5.56 Å². The van der Waals surface area contributed by atoms with Crippen LogP contribution in [0.4, 0.5) is 22.0 Å². The second-order valence-corrected chi connectivity index (χ2v) is 8.92. The van der Waals surface area contributed by atoms with Crippen LogP contribution in [0.3, 0.4) is 0 Å². The van der Waals surface area contributed by atoms with Crippen LogP contribution in [0.15, 0.2) is 41.5 Å². The van der Waals surface area contributed by atoms with Gasteiger partial charge in [0.2, 0.25) is 0 Å². The number of benzene rings is 1. The lowest BCUT2D eigenvalue weighted by molar-refractivity contribution is -0.153. The predicted octanol–water partition coefficient (Wildman–Crippen LogP) is 4.59. The number of carbonyl (C=O) groups excluding carboxylic acids is 1. The third-order valence-electron chi connectivity index (χ3n) is 4.96. The summed E-state index contributed by atoms with van der Waals surface area (Å²) < 4.78 is 70.8. The average molecular weight is 473 g/mol. The Labute approximate surface area is 185 Å². The van der Waals surface area contributed by atoms with Crippen LogP contribution in [0.1, 0.15) is 35.5 Å². The minimum Gasteiger partial charge on any atom is -0.483 e. The molecule has 32 heavy (non-hydrogen) atoms. The SMILES string of the molecule is C[C@H]1SC(N)=N[C@](C)(c2cc(CC(=O)c3ccc(OCC(F)(F)F)cn3)ccc2F)[C@H]1F. The molecule has 5 nitrogen and oxygen atoms in total. The van der Waals surface area contributed by atoms with Gasteiger partial charge in [-0.15, -0.1) is 0 Å². The van der Waals surface area contributed by atoms with E-state index in [9.17, 15) is 26.7 Å². The third kappa shape index (κ3) is 5.37. The van der Waals surface area contributed by atoms with Crippen molar-refractivity contribution in [3.63, 3.8) is 0 Å². The number of ketones is 1. The van der Waals surface area contributed by atoms with Gasteiger partial charge in [-0.25, -0.2) is 18.8 Å². The highest BCUT2D eigenvalue weighted by Gasteiger charge is 2.45. The van der Waals surface area contributed by atoms with Crippen molar-refractivity contribution in [1.82, 2.24) is 4.98 Å². The second-order valence-electron chi connectivity index (χ2n) is 7.52. The Morgan fingerprint density at radius 1 is 1.28 bits per heavy atom. The molecule has 0 aliphatic carbocycles. The van der Waals surface area contributed by atoms with Crippen molar-refractivity contribution in [3.05, 3.63) is 59.2 Å². The number of aliphatic imine (C=N–C) groups is 1. The minimum absolute atomic E-state index is 0.00485. The quantitative estimate of drug-likeness (QED) is 0.491. The molecule has 0 amide bonds. The molecule has 3 atom stereocenters. The maximum Gasteiger partial charge on any atom is 0.422 e. The van der Waals surface area contributed by atoms with Crippen molar-refractivity contribution in [2.45, 2.75) is 43.4 Å². The van der Waals surface area contributed by atoms with E-state index in [1.165, 1.54) is 31.2 Å². The Morgan fingerprint density at radius 3 is 2.62 bits per heavy atom. The van der Waals surface area contributed by atoms with Crippen molar-refractivity contribution in [1.29, 1.82) is 0 Å². The lowest BCUT2D eigenvalue weighted by atomic mass is 9.84. The van der Waals surface area contributed by atoms with E-state index in [4.69, 9.17) is 5.73 Å². The predicted molar refractivity (Wildman–Crippen MR) is 111 cm³/mol. The second kappa shape index (κ2) is 9.05. The summed E-state index contributed by atoms with van der Waals surface area (Å²) in [4.78, 5) is 20.5. The molecule has 0 saturated carbocycles. The highest BCUT2D eigenvalue weighted by atomic mass is 32.2. The van der Waals surface area contributed by atoms with Crippen LogP contribution >= 0.6 is 11.8 Å². The maximum absolute atomic E-state index is 15.0. The van der Waals surface area contributed by atoms with E-state index in [0.717, 1.165) is 24.0 Å². The number of pyridine rings is 1. The molecule has 0 bridgehead atoms. The number of hydrogen-bond acceptors (Lipinski definition) is 6. The fourth-order valence-electron chi connectivity index (χ4n) is 3.37. The first kappa shape index (κ1) is 24.0. The van der Waals surface area contributed by atoms with Crippen LogP contribution in [0.2, 0.25) is 0 Å². The number of halogens is 5. The molecule has 2 N–H and O–H groups in total. The van der Waals surface area contributed by atoms with Gasteiger partial charge >= 0.3 is 6.18 Å². The Bertz CT molecular complexity index is 1030. The lowest BCUT2D eigenvalue weighted by Crippen LogP contribution is -2.44. The van der Waals surface area contributed by atoms with Gasteiger partial charge < -0.3 is 10.5 Å². The smallest absolute Gasteiger partial charge is 0.422 e. The summed E-state index contributed by atoms with van der Waals surface area (Å²) in [6, 6.07) is 6.34. The first-order chi connectivity index (χ1) is 14.9. The van der Waals surface area contributed by atoms with Crippen LogP contribution in [-0.4, -0.2) is 40.1 Å². The van der Waals surface area contributed by atoms with Crippen molar-refractivity contribution in [2.24, 2.45) is 10.7 Å². The van der Waals surface area contributed by atoms with E-state index < -0.39 is 41.3 Å². The molecule has 0 fully saturated rings. The molecule has 172 valence electrons. The number of hydrogen-bond donors (Lipinski definition) is 1. The van der Waals surface area contributed by atoms with Crippen LogP contribution in [0, 0.1) is 5.82 Å². The molecule has 2 heterocycles. The van der Waals surface area contributed by atoms with Gasteiger partial charge in [-0.05, 0) is 43.7 Å². The normalized spacial score (nSPS) is 23.5. The molecule has 2 aromatic rings. The monoisotopic (exact) mass is 473 g/mol. The van der Waals surface area contributed by atoms with E-state index in [1.807, 2.05) is 0 Å². The number of alkyl halides is 4. The molecule has 1 aliphatic rings. The van der Waals surface area contributed by atoms with E-state index in [-0.39, 0.29) is 28.6 Å². The summed E-state index contributed by atoms with van der Waals surface area (Å²) in [5, 5.41) is -0.392. The molecule has 0 spiro atoms. The number of Topliss-reactive ketones (excluding diaryl/α,β-unsaturated/α-hetero) is 1. The molecule has 0 radical (unpaired) electrons. The first-order valence-electron chi connectivity index (χ1n) is 9.53. The number of aromatic nitrogens is 1. The zero-order valence-corrected chi connectivity index (χ0v) is 17.9. The summed E-state index contributed by atoms with van der Waals surface area (Å²) >= 11 is 1.07. The Morgan fingerprint density at radius 2 is 2.00 bits per heavy atom. The van der Waals surface area contributed by atoms with Gasteiger partial charge in [0.05, 0.1) is 6.20 Å². The largest absolute Gasteiger partial charge is 0.483 e. The number of ether oxygens (including phenoxy) is 1. The number of amidine groups is 1. The fraction of sp³-hybridized carbons (Fsp3) is 0.381. The van der Waals surface area contributed by atoms with Gasteiger partial charge in [0.15, 0.2) is 17.6 Å². The summed E-state index contributed by atoms with van der Waals surface area (Å²) in [7, 11) is 0. The molecule has 11 heteroatoms. The fourth-order valence-corrected chi connectivity index (χ4v) is 4.38. The molecular formula is C21H20F5N3O2S. The first-order valence-corrected chi connectivity index (χ1v) is 10.4. The average Bonchev–Trinajstić information content (AvgIpc) is 2.71. The van der Waals surface area contributed by atoms with E-state index in [2.05, 4.69) is 14.7 Å². The van der Waals surface area contributed by atoms with Gasteiger partial charge in [0.1, 0.15) is 29.0 Å². The summed E-state index contributed by atoms with van der Waals surface area (Å²) in [6.45, 7) is 1.61. The summed E-state index contributed by atoms with van der Waals surface area (Å²) in [5.74, 6) is -1.27. The van der Waals surface area contributed by atoms with Crippen LogP contribution < -0.4 is 10.5 Å². The zero-order chi connectivity index (χ0) is 23.7. The molecule has 0 unspecified atom stereocenters. The van der Waals surface area contributed by atoms with Gasteiger partial charge in [-0.1, -0.05) is 17.8 Å². The topological polar surface area (TPSA) is 77.6 Å².